The monoisotopic (exact) mass is 405 g/mol. The molecule has 0 radical (unpaired) electrons. The van der Waals surface area contributed by atoms with E-state index < -0.39 is 0 Å². The molecule has 1 saturated carbocycles. The summed E-state index contributed by atoms with van der Waals surface area (Å²) >= 11 is 0. The SMILES string of the molecule is CCNC(=NCCn1cccn1)NC1CCC(C)CC1.I. The summed E-state index contributed by atoms with van der Waals surface area (Å²) in [5.41, 5.74) is 0. The highest BCUT2D eigenvalue weighted by molar-refractivity contribution is 14.0. The van der Waals surface area contributed by atoms with E-state index in [0.717, 1.165) is 31.5 Å². The zero-order valence-electron chi connectivity index (χ0n) is 13.1. The van der Waals surface area contributed by atoms with Gasteiger partial charge in [0.1, 0.15) is 0 Å². The van der Waals surface area contributed by atoms with Crippen LogP contribution in [0.3, 0.4) is 0 Å². The number of halogens is 1. The van der Waals surface area contributed by atoms with E-state index in [9.17, 15) is 0 Å². The Morgan fingerprint density at radius 1 is 1.33 bits per heavy atom. The molecule has 0 aromatic carbocycles. The van der Waals surface area contributed by atoms with Crippen molar-refractivity contribution in [2.75, 3.05) is 13.1 Å². The van der Waals surface area contributed by atoms with E-state index in [2.05, 4.69) is 34.6 Å². The summed E-state index contributed by atoms with van der Waals surface area (Å²) in [6.07, 6.45) is 8.93. The zero-order chi connectivity index (χ0) is 14.2. The third kappa shape index (κ3) is 6.67. The van der Waals surface area contributed by atoms with Gasteiger partial charge in [-0.2, -0.15) is 5.10 Å². The van der Waals surface area contributed by atoms with Crippen LogP contribution in [0, 0.1) is 5.92 Å². The summed E-state index contributed by atoms with van der Waals surface area (Å²) in [5.74, 6) is 1.83. The molecule has 120 valence electrons. The largest absolute Gasteiger partial charge is 0.357 e. The van der Waals surface area contributed by atoms with Gasteiger partial charge in [-0.3, -0.25) is 9.67 Å². The third-order valence-electron chi connectivity index (χ3n) is 3.86. The predicted molar refractivity (Wildman–Crippen MR) is 98.2 cm³/mol. The van der Waals surface area contributed by atoms with Crippen molar-refractivity contribution in [1.82, 2.24) is 20.4 Å². The van der Waals surface area contributed by atoms with Gasteiger partial charge in [0.05, 0.1) is 13.1 Å². The zero-order valence-corrected chi connectivity index (χ0v) is 15.4. The third-order valence-corrected chi connectivity index (χ3v) is 3.86. The van der Waals surface area contributed by atoms with Gasteiger partial charge in [-0.25, -0.2) is 0 Å². The maximum atomic E-state index is 4.64. The second kappa shape index (κ2) is 10.0. The Morgan fingerprint density at radius 2 is 2.10 bits per heavy atom. The van der Waals surface area contributed by atoms with Gasteiger partial charge in [-0.1, -0.05) is 6.92 Å². The van der Waals surface area contributed by atoms with Crippen molar-refractivity contribution in [2.24, 2.45) is 10.9 Å². The van der Waals surface area contributed by atoms with Crippen molar-refractivity contribution in [3.05, 3.63) is 18.5 Å². The van der Waals surface area contributed by atoms with Crippen LogP contribution in [-0.4, -0.2) is 34.9 Å². The van der Waals surface area contributed by atoms with E-state index in [1.165, 1.54) is 25.7 Å². The fraction of sp³-hybridized carbons (Fsp3) is 0.733. The minimum absolute atomic E-state index is 0. The molecule has 0 saturated heterocycles. The van der Waals surface area contributed by atoms with Gasteiger partial charge in [-0.05, 0) is 44.6 Å². The van der Waals surface area contributed by atoms with Gasteiger partial charge in [0.2, 0.25) is 0 Å². The van der Waals surface area contributed by atoms with E-state index >= 15 is 0 Å². The first-order valence-electron chi connectivity index (χ1n) is 7.80. The Labute approximate surface area is 145 Å². The molecule has 0 spiro atoms. The summed E-state index contributed by atoms with van der Waals surface area (Å²) in [6, 6.07) is 2.52. The van der Waals surface area contributed by atoms with Crippen molar-refractivity contribution >= 4 is 29.9 Å². The smallest absolute Gasteiger partial charge is 0.191 e. The van der Waals surface area contributed by atoms with E-state index in [0.29, 0.717) is 6.04 Å². The molecule has 1 heterocycles. The van der Waals surface area contributed by atoms with Crippen molar-refractivity contribution in [1.29, 1.82) is 0 Å². The molecule has 0 amide bonds. The Morgan fingerprint density at radius 3 is 2.71 bits per heavy atom. The maximum absolute atomic E-state index is 4.64. The van der Waals surface area contributed by atoms with Crippen LogP contribution in [0.25, 0.3) is 0 Å². The molecule has 1 aliphatic carbocycles. The molecule has 2 rings (SSSR count). The molecule has 0 unspecified atom stereocenters. The fourth-order valence-corrected chi connectivity index (χ4v) is 2.61. The standard InChI is InChI=1S/C15H27N5.HI/c1-3-16-15(17-10-12-20-11-4-9-18-20)19-14-7-5-13(2)6-8-14;/h4,9,11,13-14H,3,5-8,10,12H2,1-2H3,(H2,16,17,19);1H. The Bertz CT molecular complexity index is 396. The number of rotatable bonds is 5. The number of nitrogens with one attached hydrogen (secondary N) is 2. The van der Waals surface area contributed by atoms with Crippen molar-refractivity contribution in [3.63, 3.8) is 0 Å². The Balaban J connectivity index is 0.00000220. The molecule has 0 aliphatic heterocycles. The minimum Gasteiger partial charge on any atom is -0.357 e. The number of aliphatic imine (C=N–C) groups is 1. The summed E-state index contributed by atoms with van der Waals surface area (Å²) in [5, 5.41) is 11.1. The number of aromatic nitrogens is 2. The molecule has 21 heavy (non-hydrogen) atoms. The average Bonchev–Trinajstić information content (AvgIpc) is 2.95. The van der Waals surface area contributed by atoms with Crippen LogP contribution in [0.2, 0.25) is 0 Å². The summed E-state index contributed by atoms with van der Waals surface area (Å²) < 4.78 is 1.91. The molecule has 1 fully saturated rings. The maximum Gasteiger partial charge on any atom is 0.191 e. The van der Waals surface area contributed by atoms with Gasteiger partial charge in [0, 0.05) is 25.0 Å². The number of nitrogens with zero attached hydrogens (tertiary/aromatic N) is 3. The van der Waals surface area contributed by atoms with E-state index in [4.69, 9.17) is 0 Å². The second-order valence-electron chi connectivity index (χ2n) is 5.63. The van der Waals surface area contributed by atoms with Crippen LogP contribution in [0.15, 0.2) is 23.5 Å². The molecule has 1 aromatic heterocycles. The molecular weight excluding hydrogens is 377 g/mol. The number of hydrogen-bond acceptors (Lipinski definition) is 2. The van der Waals surface area contributed by atoms with E-state index in [-0.39, 0.29) is 24.0 Å². The lowest BCUT2D eigenvalue weighted by Gasteiger charge is -2.28. The minimum atomic E-state index is 0. The first-order valence-corrected chi connectivity index (χ1v) is 7.80. The van der Waals surface area contributed by atoms with Gasteiger partial charge in [0.15, 0.2) is 5.96 Å². The molecule has 6 heteroatoms. The Kier molecular flexibility index (Phi) is 8.72. The highest BCUT2D eigenvalue weighted by atomic mass is 127. The van der Waals surface area contributed by atoms with Crippen LogP contribution in [0.1, 0.15) is 39.5 Å². The highest BCUT2D eigenvalue weighted by Crippen LogP contribution is 2.23. The lowest BCUT2D eigenvalue weighted by atomic mass is 9.87. The highest BCUT2D eigenvalue weighted by Gasteiger charge is 2.18. The van der Waals surface area contributed by atoms with Crippen LogP contribution in [0.4, 0.5) is 0 Å². The predicted octanol–water partition coefficient (Wildman–Crippen LogP) is 2.63. The van der Waals surface area contributed by atoms with E-state index in [1.54, 1.807) is 6.20 Å². The summed E-state index contributed by atoms with van der Waals surface area (Å²) in [7, 11) is 0. The molecule has 5 nitrogen and oxygen atoms in total. The average molecular weight is 405 g/mol. The lowest BCUT2D eigenvalue weighted by molar-refractivity contribution is 0.329. The molecule has 1 aromatic rings. The first kappa shape index (κ1) is 18.3. The van der Waals surface area contributed by atoms with Crippen LogP contribution < -0.4 is 10.6 Å². The second-order valence-corrected chi connectivity index (χ2v) is 5.63. The van der Waals surface area contributed by atoms with E-state index in [1.807, 2.05) is 16.9 Å². The normalized spacial score (nSPS) is 22.5. The molecule has 1 aliphatic rings. The van der Waals surface area contributed by atoms with Gasteiger partial charge in [0.25, 0.3) is 0 Å². The van der Waals surface area contributed by atoms with Crippen molar-refractivity contribution < 1.29 is 0 Å². The first-order chi connectivity index (χ1) is 9.78. The quantitative estimate of drug-likeness (QED) is 0.450. The van der Waals surface area contributed by atoms with Gasteiger partial charge >= 0.3 is 0 Å². The molecule has 0 atom stereocenters. The molecule has 0 bridgehead atoms. The topological polar surface area (TPSA) is 54.2 Å². The van der Waals surface area contributed by atoms with Crippen molar-refractivity contribution in [2.45, 2.75) is 52.1 Å². The lowest BCUT2D eigenvalue weighted by Crippen LogP contribution is -2.44. The molecule has 2 N–H and O–H groups in total. The summed E-state index contributed by atoms with van der Waals surface area (Å²) in [6.45, 7) is 6.93. The summed E-state index contributed by atoms with van der Waals surface area (Å²) in [4.78, 5) is 4.64. The van der Waals surface area contributed by atoms with Crippen LogP contribution >= 0.6 is 24.0 Å². The van der Waals surface area contributed by atoms with Gasteiger partial charge in [-0.15, -0.1) is 24.0 Å². The molecular formula is C15H28IN5. The van der Waals surface area contributed by atoms with Gasteiger partial charge < -0.3 is 10.6 Å². The van der Waals surface area contributed by atoms with Crippen molar-refractivity contribution in [3.8, 4) is 0 Å². The van der Waals surface area contributed by atoms with Crippen LogP contribution in [0.5, 0.6) is 0 Å². The van der Waals surface area contributed by atoms with Crippen LogP contribution in [-0.2, 0) is 6.54 Å². The number of hydrogen-bond donors (Lipinski definition) is 2. The number of guanidine groups is 1. The fourth-order valence-electron chi connectivity index (χ4n) is 2.61. The Hall–Kier alpha value is -0.790.